The number of ether oxygens (including phenoxy) is 1. The van der Waals surface area contributed by atoms with Crippen LogP contribution in [0.5, 0.6) is 5.75 Å². The minimum absolute atomic E-state index is 0.0489. The molecule has 0 atom stereocenters. The van der Waals surface area contributed by atoms with Crippen LogP contribution in [0.4, 0.5) is 5.69 Å². The van der Waals surface area contributed by atoms with E-state index >= 15 is 0 Å². The summed E-state index contributed by atoms with van der Waals surface area (Å²) in [6.45, 7) is 0. The molecule has 2 N–H and O–H groups in total. The van der Waals surface area contributed by atoms with Gasteiger partial charge in [0.15, 0.2) is 0 Å². The summed E-state index contributed by atoms with van der Waals surface area (Å²) in [7, 11) is -2.52. The molecule has 0 aliphatic carbocycles. The van der Waals surface area contributed by atoms with E-state index in [0.717, 1.165) is 0 Å². The van der Waals surface area contributed by atoms with Gasteiger partial charge < -0.3 is 9.84 Å². The van der Waals surface area contributed by atoms with Gasteiger partial charge in [-0.3, -0.25) is 9.71 Å². The van der Waals surface area contributed by atoms with Gasteiger partial charge in [0.05, 0.1) is 18.4 Å². The van der Waals surface area contributed by atoms with Crippen LogP contribution in [0.2, 0.25) is 0 Å². The molecule has 2 rings (SSSR count). The van der Waals surface area contributed by atoms with Crippen LogP contribution in [0.1, 0.15) is 10.4 Å². The SMILES string of the molecule is COc1ccc(NS(=O)(=O)c2cccnc2)c(C(=O)O)c1. The fourth-order valence-electron chi connectivity index (χ4n) is 1.63. The van der Waals surface area contributed by atoms with Gasteiger partial charge in [0.2, 0.25) is 0 Å². The molecule has 1 heterocycles. The summed E-state index contributed by atoms with van der Waals surface area (Å²) in [5.74, 6) is -0.950. The summed E-state index contributed by atoms with van der Waals surface area (Å²) >= 11 is 0. The number of hydrogen-bond donors (Lipinski definition) is 2. The number of carboxylic acid groups (broad SMARTS) is 1. The Morgan fingerprint density at radius 2 is 2.10 bits per heavy atom. The van der Waals surface area contributed by atoms with Crippen molar-refractivity contribution < 1.29 is 23.1 Å². The summed E-state index contributed by atoms with van der Waals surface area (Å²) in [5.41, 5.74) is -0.256. The lowest BCUT2D eigenvalue weighted by molar-refractivity contribution is 0.0697. The lowest BCUT2D eigenvalue weighted by Gasteiger charge is -2.11. The van der Waals surface area contributed by atoms with Crippen LogP contribution < -0.4 is 9.46 Å². The first-order valence-electron chi connectivity index (χ1n) is 5.78. The van der Waals surface area contributed by atoms with Gasteiger partial charge in [-0.1, -0.05) is 0 Å². The third kappa shape index (κ3) is 3.29. The molecule has 0 aliphatic rings. The molecule has 1 aromatic carbocycles. The van der Waals surface area contributed by atoms with E-state index in [1.165, 1.54) is 49.8 Å². The fraction of sp³-hybridized carbons (Fsp3) is 0.0769. The molecule has 0 saturated heterocycles. The molecule has 0 radical (unpaired) electrons. The predicted molar refractivity (Wildman–Crippen MR) is 75.0 cm³/mol. The van der Waals surface area contributed by atoms with E-state index < -0.39 is 16.0 Å². The van der Waals surface area contributed by atoms with Crippen LogP contribution in [-0.4, -0.2) is 31.6 Å². The maximum absolute atomic E-state index is 12.2. The molecule has 7 nitrogen and oxygen atoms in total. The van der Waals surface area contributed by atoms with Crippen molar-refractivity contribution in [2.75, 3.05) is 11.8 Å². The van der Waals surface area contributed by atoms with E-state index in [4.69, 9.17) is 9.84 Å². The number of pyridine rings is 1. The second-order valence-electron chi connectivity index (χ2n) is 4.01. The van der Waals surface area contributed by atoms with Gasteiger partial charge in [0, 0.05) is 12.4 Å². The molecule has 0 amide bonds. The third-order valence-electron chi connectivity index (χ3n) is 2.65. The van der Waals surface area contributed by atoms with Crippen molar-refractivity contribution in [2.45, 2.75) is 4.90 Å². The molecule has 0 aliphatic heterocycles. The van der Waals surface area contributed by atoms with Crippen molar-refractivity contribution in [3.63, 3.8) is 0 Å². The number of methoxy groups -OCH3 is 1. The molecule has 110 valence electrons. The van der Waals surface area contributed by atoms with E-state index in [1.807, 2.05) is 0 Å². The smallest absolute Gasteiger partial charge is 0.337 e. The number of aromatic nitrogens is 1. The summed E-state index contributed by atoms with van der Waals surface area (Å²) in [5, 5.41) is 9.15. The van der Waals surface area contributed by atoms with Crippen molar-refractivity contribution >= 4 is 21.7 Å². The van der Waals surface area contributed by atoms with Crippen LogP contribution in [0, 0.1) is 0 Å². The number of carboxylic acids is 1. The Bertz CT molecular complexity index is 759. The van der Waals surface area contributed by atoms with Crippen LogP contribution in [0.25, 0.3) is 0 Å². The minimum atomic E-state index is -3.91. The summed E-state index contributed by atoms with van der Waals surface area (Å²) in [6, 6.07) is 6.87. The highest BCUT2D eigenvalue weighted by Gasteiger charge is 2.19. The van der Waals surface area contributed by atoms with Crippen molar-refractivity contribution in [1.29, 1.82) is 0 Å². The predicted octanol–water partition coefficient (Wildman–Crippen LogP) is 1.59. The highest BCUT2D eigenvalue weighted by atomic mass is 32.2. The quantitative estimate of drug-likeness (QED) is 0.869. The molecule has 0 fully saturated rings. The first-order chi connectivity index (χ1) is 9.94. The van der Waals surface area contributed by atoms with Gasteiger partial charge >= 0.3 is 5.97 Å². The van der Waals surface area contributed by atoms with Crippen LogP contribution >= 0.6 is 0 Å². The highest BCUT2D eigenvalue weighted by Crippen LogP contribution is 2.24. The standard InChI is InChI=1S/C13H12N2O5S/c1-20-9-4-5-12(11(7-9)13(16)17)15-21(18,19)10-3-2-6-14-8-10/h2-8,15H,1H3,(H,16,17). The lowest BCUT2D eigenvalue weighted by atomic mass is 10.2. The van der Waals surface area contributed by atoms with Crippen LogP contribution in [-0.2, 0) is 10.0 Å². The molecule has 21 heavy (non-hydrogen) atoms. The summed E-state index contributed by atoms with van der Waals surface area (Å²) < 4.78 is 31.5. The molecular weight excluding hydrogens is 296 g/mol. The van der Waals surface area contributed by atoms with E-state index in [0.29, 0.717) is 5.75 Å². The Hall–Kier alpha value is -2.61. The second-order valence-corrected chi connectivity index (χ2v) is 5.69. The minimum Gasteiger partial charge on any atom is -0.497 e. The molecule has 8 heteroatoms. The number of carbonyl (C=O) groups is 1. The van der Waals surface area contributed by atoms with Crippen molar-refractivity contribution in [1.82, 2.24) is 4.98 Å². The zero-order valence-corrected chi connectivity index (χ0v) is 11.8. The topological polar surface area (TPSA) is 106 Å². The summed E-state index contributed by atoms with van der Waals surface area (Å²) in [4.78, 5) is 14.9. The van der Waals surface area contributed by atoms with Gasteiger partial charge in [-0.2, -0.15) is 0 Å². The zero-order chi connectivity index (χ0) is 15.5. The molecule has 2 aromatic rings. The average molecular weight is 308 g/mol. The number of hydrogen-bond acceptors (Lipinski definition) is 5. The number of anilines is 1. The Morgan fingerprint density at radius 1 is 1.33 bits per heavy atom. The molecule has 0 spiro atoms. The largest absolute Gasteiger partial charge is 0.497 e. The van der Waals surface area contributed by atoms with Gasteiger partial charge in [-0.15, -0.1) is 0 Å². The van der Waals surface area contributed by atoms with Crippen molar-refractivity contribution in [3.05, 3.63) is 48.3 Å². The van der Waals surface area contributed by atoms with E-state index in [-0.39, 0.29) is 16.1 Å². The maximum Gasteiger partial charge on any atom is 0.337 e. The van der Waals surface area contributed by atoms with Gasteiger partial charge in [0.1, 0.15) is 10.6 Å². The first-order valence-corrected chi connectivity index (χ1v) is 7.26. The van der Waals surface area contributed by atoms with Crippen molar-refractivity contribution in [2.24, 2.45) is 0 Å². The number of nitrogens with zero attached hydrogens (tertiary/aromatic N) is 1. The average Bonchev–Trinajstić information content (AvgIpc) is 2.48. The first kappa shape index (κ1) is 14.8. The van der Waals surface area contributed by atoms with Crippen molar-refractivity contribution in [3.8, 4) is 5.75 Å². The second kappa shape index (κ2) is 5.80. The number of aromatic carboxylic acids is 1. The molecule has 1 aromatic heterocycles. The van der Waals surface area contributed by atoms with E-state index in [9.17, 15) is 13.2 Å². The van der Waals surface area contributed by atoms with Gasteiger partial charge in [-0.05, 0) is 30.3 Å². The maximum atomic E-state index is 12.2. The highest BCUT2D eigenvalue weighted by molar-refractivity contribution is 7.92. The molecular formula is C13H12N2O5S. The fourth-order valence-corrected chi connectivity index (χ4v) is 2.67. The Balaban J connectivity index is 2.42. The molecule has 0 saturated carbocycles. The Labute approximate surface area is 121 Å². The molecule has 0 bridgehead atoms. The summed E-state index contributed by atoms with van der Waals surface area (Å²) in [6.07, 6.45) is 2.61. The monoisotopic (exact) mass is 308 g/mol. The molecule has 0 unspecified atom stereocenters. The third-order valence-corrected chi connectivity index (χ3v) is 4.00. The Kier molecular flexibility index (Phi) is 4.08. The van der Waals surface area contributed by atoms with E-state index in [2.05, 4.69) is 9.71 Å². The number of benzene rings is 1. The number of nitrogens with one attached hydrogen (secondary N) is 1. The van der Waals surface area contributed by atoms with Crippen LogP contribution in [0.15, 0.2) is 47.6 Å². The van der Waals surface area contributed by atoms with E-state index in [1.54, 1.807) is 0 Å². The Morgan fingerprint density at radius 3 is 2.67 bits per heavy atom. The van der Waals surface area contributed by atoms with Gasteiger partial charge in [0.25, 0.3) is 10.0 Å². The van der Waals surface area contributed by atoms with Crippen LogP contribution in [0.3, 0.4) is 0 Å². The number of rotatable bonds is 5. The normalized spacial score (nSPS) is 10.9. The zero-order valence-electron chi connectivity index (χ0n) is 11.0. The number of sulfonamides is 1. The lowest BCUT2D eigenvalue weighted by Crippen LogP contribution is -2.15. The van der Waals surface area contributed by atoms with Gasteiger partial charge in [-0.25, -0.2) is 13.2 Å².